The van der Waals surface area contributed by atoms with Crippen molar-refractivity contribution in [1.29, 1.82) is 0 Å². The molecule has 0 aliphatic heterocycles. The summed E-state index contributed by atoms with van der Waals surface area (Å²) in [5.41, 5.74) is 3.71. The van der Waals surface area contributed by atoms with Gasteiger partial charge >= 0.3 is 0 Å². The molecule has 0 saturated carbocycles. The molecule has 126 valence electrons. The molecule has 0 spiro atoms. The number of Topliss-reactive ketones (excluding diaryl/α,β-unsaturated/α-hetero) is 1. The van der Waals surface area contributed by atoms with Crippen LogP contribution in [0.4, 0.5) is 5.69 Å². The zero-order valence-electron chi connectivity index (χ0n) is 14.7. The molecule has 0 fully saturated rings. The lowest BCUT2D eigenvalue weighted by Gasteiger charge is -2.11. The molecule has 0 N–H and O–H groups in total. The van der Waals surface area contributed by atoms with Gasteiger partial charge in [0.2, 0.25) is 0 Å². The van der Waals surface area contributed by atoms with E-state index in [4.69, 9.17) is 0 Å². The predicted molar refractivity (Wildman–Crippen MR) is 104 cm³/mol. The average molecular weight is 340 g/mol. The van der Waals surface area contributed by atoms with E-state index in [0.717, 1.165) is 33.8 Å². The minimum atomic E-state index is 0.158. The van der Waals surface area contributed by atoms with Crippen molar-refractivity contribution in [3.05, 3.63) is 59.2 Å². The minimum absolute atomic E-state index is 0.158. The average Bonchev–Trinajstić information content (AvgIpc) is 2.60. The lowest BCUT2D eigenvalue weighted by molar-refractivity contribution is 0.102. The molecule has 0 aliphatic rings. The molecule has 24 heavy (non-hydrogen) atoms. The van der Waals surface area contributed by atoms with Gasteiger partial charge in [0.15, 0.2) is 5.78 Å². The van der Waals surface area contributed by atoms with Crippen molar-refractivity contribution in [3.63, 3.8) is 0 Å². The molecule has 0 amide bonds. The summed E-state index contributed by atoms with van der Waals surface area (Å²) in [5, 5.41) is 0. The van der Waals surface area contributed by atoms with Crippen LogP contribution in [0.2, 0.25) is 0 Å². The number of rotatable bonds is 7. The van der Waals surface area contributed by atoms with Crippen LogP contribution in [-0.2, 0) is 0 Å². The van der Waals surface area contributed by atoms with Gasteiger partial charge in [-0.15, -0.1) is 11.8 Å². The van der Waals surface area contributed by atoms with Gasteiger partial charge in [-0.3, -0.25) is 4.79 Å². The first-order valence-electron chi connectivity index (χ1n) is 8.08. The van der Waals surface area contributed by atoms with Gasteiger partial charge in [-0.05, 0) is 56.2 Å². The van der Waals surface area contributed by atoms with E-state index in [1.165, 1.54) is 0 Å². The Morgan fingerprint density at radius 2 is 1.88 bits per heavy atom. The molecule has 0 atom stereocenters. The van der Waals surface area contributed by atoms with Gasteiger partial charge in [-0.1, -0.05) is 18.2 Å². The molecular formula is C20H24N2OS. The summed E-state index contributed by atoms with van der Waals surface area (Å²) in [6, 6.07) is 14.0. The number of aryl methyl sites for hydroxylation is 2. The molecule has 0 radical (unpaired) electrons. The summed E-state index contributed by atoms with van der Waals surface area (Å²) in [7, 11) is 1.99. The minimum Gasteiger partial charge on any atom is -0.366 e. The van der Waals surface area contributed by atoms with Crippen molar-refractivity contribution in [3.8, 4) is 0 Å². The summed E-state index contributed by atoms with van der Waals surface area (Å²) < 4.78 is 0. The Bertz CT molecular complexity index is 726. The fourth-order valence-corrected chi connectivity index (χ4v) is 3.03. The van der Waals surface area contributed by atoms with E-state index in [2.05, 4.69) is 11.9 Å². The Morgan fingerprint density at radius 3 is 2.54 bits per heavy atom. The normalized spacial score (nSPS) is 11.0. The zero-order chi connectivity index (χ0) is 17.5. The standard InChI is InChI=1S/C20H24N2OS/c1-5-22(4)14-21-19-12-15(2)18(11-16(19)3)20(23)13-24-17-9-7-6-8-10-17/h6-12,14H,5,13H2,1-4H3. The monoisotopic (exact) mass is 340 g/mol. The number of carbonyl (C=O) groups is 1. The molecular weight excluding hydrogens is 316 g/mol. The molecule has 2 aromatic rings. The number of carbonyl (C=O) groups excluding carboxylic acids is 1. The molecule has 2 aromatic carbocycles. The van der Waals surface area contributed by atoms with Crippen molar-refractivity contribution in [2.45, 2.75) is 25.7 Å². The van der Waals surface area contributed by atoms with E-state index >= 15 is 0 Å². The van der Waals surface area contributed by atoms with Crippen LogP contribution < -0.4 is 0 Å². The summed E-state index contributed by atoms with van der Waals surface area (Å²) in [5.74, 6) is 0.608. The number of thioether (sulfide) groups is 1. The first-order valence-corrected chi connectivity index (χ1v) is 9.06. The zero-order valence-corrected chi connectivity index (χ0v) is 15.6. The Balaban J connectivity index is 2.11. The van der Waals surface area contributed by atoms with Crippen LogP contribution in [-0.4, -0.2) is 36.4 Å². The number of aliphatic imine (C=N–C) groups is 1. The SMILES string of the molecule is CCN(C)C=Nc1cc(C)c(C(=O)CSc2ccccc2)cc1C. The van der Waals surface area contributed by atoms with Crippen molar-refractivity contribution in [2.75, 3.05) is 19.3 Å². The third kappa shape index (κ3) is 4.96. The maximum absolute atomic E-state index is 12.5. The highest BCUT2D eigenvalue weighted by Gasteiger charge is 2.12. The fraction of sp³-hybridized carbons (Fsp3) is 0.300. The third-order valence-electron chi connectivity index (χ3n) is 3.85. The van der Waals surface area contributed by atoms with Crippen LogP contribution in [0.15, 0.2) is 52.4 Å². The highest BCUT2D eigenvalue weighted by atomic mass is 32.2. The maximum Gasteiger partial charge on any atom is 0.173 e. The van der Waals surface area contributed by atoms with Crippen molar-refractivity contribution < 1.29 is 4.79 Å². The van der Waals surface area contributed by atoms with E-state index in [1.54, 1.807) is 11.8 Å². The lowest BCUT2D eigenvalue weighted by atomic mass is 10.0. The fourth-order valence-electron chi connectivity index (χ4n) is 2.23. The number of hydrogen-bond acceptors (Lipinski definition) is 3. The summed E-state index contributed by atoms with van der Waals surface area (Å²) in [6.07, 6.45) is 1.83. The first-order chi connectivity index (χ1) is 11.5. The molecule has 2 rings (SSSR count). The van der Waals surface area contributed by atoms with Crippen molar-refractivity contribution in [1.82, 2.24) is 4.90 Å². The largest absolute Gasteiger partial charge is 0.366 e. The molecule has 0 saturated heterocycles. The van der Waals surface area contributed by atoms with Crippen LogP contribution in [0, 0.1) is 13.8 Å². The van der Waals surface area contributed by atoms with Crippen LogP contribution >= 0.6 is 11.8 Å². The number of ketones is 1. The lowest BCUT2D eigenvalue weighted by Crippen LogP contribution is -2.14. The predicted octanol–water partition coefficient (Wildman–Crippen LogP) is 4.89. The Morgan fingerprint density at radius 1 is 1.17 bits per heavy atom. The van der Waals surface area contributed by atoms with E-state index in [-0.39, 0.29) is 5.78 Å². The third-order valence-corrected chi connectivity index (χ3v) is 4.86. The van der Waals surface area contributed by atoms with Gasteiger partial charge in [0.1, 0.15) is 0 Å². The smallest absolute Gasteiger partial charge is 0.173 e. The second kappa shape index (κ2) is 8.69. The molecule has 0 bridgehead atoms. The second-order valence-electron chi connectivity index (χ2n) is 5.80. The van der Waals surface area contributed by atoms with E-state index in [9.17, 15) is 4.79 Å². The molecule has 0 aromatic heterocycles. The topological polar surface area (TPSA) is 32.7 Å². The van der Waals surface area contributed by atoms with Crippen LogP contribution in [0.5, 0.6) is 0 Å². The Labute approximate surface area is 148 Å². The maximum atomic E-state index is 12.5. The molecule has 0 aliphatic carbocycles. The molecule has 3 nitrogen and oxygen atoms in total. The Hall–Kier alpha value is -2.07. The first kappa shape index (κ1) is 18.3. The quantitative estimate of drug-likeness (QED) is 0.311. The van der Waals surface area contributed by atoms with Crippen LogP contribution in [0.1, 0.15) is 28.4 Å². The highest BCUT2D eigenvalue weighted by Crippen LogP contribution is 2.25. The molecule has 0 unspecified atom stereocenters. The van der Waals surface area contributed by atoms with Gasteiger partial charge in [-0.25, -0.2) is 4.99 Å². The molecule has 4 heteroatoms. The van der Waals surface area contributed by atoms with Gasteiger partial charge in [0.25, 0.3) is 0 Å². The summed E-state index contributed by atoms with van der Waals surface area (Å²) >= 11 is 1.57. The highest BCUT2D eigenvalue weighted by molar-refractivity contribution is 8.00. The molecule has 0 heterocycles. The summed E-state index contributed by atoms with van der Waals surface area (Å²) in [6.45, 7) is 6.96. The number of benzene rings is 2. The van der Waals surface area contributed by atoms with Crippen molar-refractivity contribution >= 4 is 29.6 Å². The van der Waals surface area contributed by atoms with Crippen LogP contribution in [0.3, 0.4) is 0 Å². The van der Waals surface area contributed by atoms with Gasteiger partial charge in [-0.2, -0.15) is 0 Å². The van der Waals surface area contributed by atoms with Gasteiger partial charge in [0, 0.05) is 24.1 Å². The van der Waals surface area contributed by atoms with Gasteiger partial charge < -0.3 is 4.90 Å². The van der Waals surface area contributed by atoms with Gasteiger partial charge in [0.05, 0.1) is 17.8 Å². The number of nitrogens with zero attached hydrogens (tertiary/aromatic N) is 2. The summed E-state index contributed by atoms with van der Waals surface area (Å²) in [4.78, 5) is 20.2. The Kier molecular flexibility index (Phi) is 6.62. The van der Waals surface area contributed by atoms with E-state index in [0.29, 0.717) is 5.75 Å². The number of hydrogen-bond donors (Lipinski definition) is 0. The second-order valence-corrected chi connectivity index (χ2v) is 6.85. The van der Waals surface area contributed by atoms with E-state index in [1.807, 2.05) is 74.6 Å². The van der Waals surface area contributed by atoms with Crippen LogP contribution in [0.25, 0.3) is 0 Å². The van der Waals surface area contributed by atoms with E-state index < -0.39 is 0 Å². The van der Waals surface area contributed by atoms with Crippen molar-refractivity contribution in [2.24, 2.45) is 4.99 Å².